The zero-order valence-corrected chi connectivity index (χ0v) is 32.8. The number of nitrogens with zero attached hydrogens (tertiary/aromatic N) is 4. The Morgan fingerprint density at radius 1 is 0.424 bits per heavy atom. The first-order valence-corrected chi connectivity index (χ1v) is 20.3. The Balaban J connectivity index is 1.16. The van der Waals surface area contributed by atoms with Crippen LogP contribution in [0.3, 0.4) is 0 Å². The summed E-state index contributed by atoms with van der Waals surface area (Å²) in [5.74, 6) is 0.700. The number of rotatable bonds is 5. The van der Waals surface area contributed by atoms with E-state index < -0.39 is 0 Å². The maximum atomic E-state index is 5.15. The molecule has 11 aromatic rings. The number of aromatic nitrogens is 4. The fourth-order valence-electron chi connectivity index (χ4n) is 9.91. The lowest BCUT2D eigenvalue weighted by atomic mass is 9.81. The van der Waals surface area contributed by atoms with Crippen LogP contribution >= 0.6 is 0 Å². The summed E-state index contributed by atoms with van der Waals surface area (Å²) in [7, 11) is 0. The van der Waals surface area contributed by atoms with Crippen LogP contribution in [0.15, 0.2) is 194 Å². The minimum Gasteiger partial charge on any atom is -0.309 e. The SMILES string of the molecule is CC1(C)c2ccccc2-c2c1c1c(c3ccccc3n1-c1ccccc1)c1c3ccccc3n(-c3ccc(-c4nc(-c5ccccc5)cc(-c5ccccc5)n4)cc3)c21. The van der Waals surface area contributed by atoms with Crippen LogP contribution in [0.5, 0.6) is 0 Å². The van der Waals surface area contributed by atoms with Crippen molar-refractivity contribution in [2.75, 3.05) is 0 Å². The van der Waals surface area contributed by atoms with Gasteiger partial charge in [0, 0.05) is 60.6 Å². The van der Waals surface area contributed by atoms with Gasteiger partial charge in [-0.3, -0.25) is 0 Å². The molecule has 0 saturated heterocycles. The predicted octanol–water partition coefficient (Wildman–Crippen LogP) is 14.0. The van der Waals surface area contributed by atoms with Crippen LogP contribution in [0.1, 0.15) is 25.0 Å². The molecular weight excluding hydrogens is 717 g/mol. The molecule has 0 amide bonds. The largest absolute Gasteiger partial charge is 0.309 e. The summed E-state index contributed by atoms with van der Waals surface area (Å²) in [6.45, 7) is 4.82. The molecule has 0 N–H and O–H groups in total. The molecule has 4 nitrogen and oxygen atoms in total. The van der Waals surface area contributed by atoms with Crippen LogP contribution < -0.4 is 0 Å². The Labute approximate surface area is 342 Å². The molecule has 0 unspecified atom stereocenters. The molecule has 0 bridgehead atoms. The molecule has 1 aliphatic carbocycles. The van der Waals surface area contributed by atoms with Gasteiger partial charge in [0.1, 0.15) is 0 Å². The van der Waals surface area contributed by atoms with Gasteiger partial charge in [-0.15, -0.1) is 0 Å². The van der Waals surface area contributed by atoms with Crippen LogP contribution in [-0.2, 0) is 5.41 Å². The van der Waals surface area contributed by atoms with Crippen molar-refractivity contribution in [3.05, 3.63) is 205 Å². The maximum absolute atomic E-state index is 5.15. The van der Waals surface area contributed by atoms with Crippen molar-refractivity contribution in [3.8, 4) is 56.4 Å². The van der Waals surface area contributed by atoms with Crippen molar-refractivity contribution in [3.63, 3.8) is 0 Å². The molecule has 0 atom stereocenters. The average molecular weight is 755 g/mol. The lowest BCUT2D eigenvalue weighted by Crippen LogP contribution is -2.16. The highest BCUT2D eigenvalue weighted by Crippen LogP contribution is 2.58. The molecule has 278 valence electrons. The first-order valence-electron chi connectivity index (χ1n) is 20.3. The minimum absolute atomic E-state index is 0.262. The van der Waals surface area contributed by atoms with Gasteiger partial charge in [0.15, 0.2) is 5.82 Å². The molecule has 12 rings (SSSR count). The van der Waals surface area contributed by atoms with Gasteiger partial charge in [-0.05, 0) is 71.3 Å². The van der Waals surface area contributed by atoms with Gasteiger partial charge in [-0.2, -0.15) is 0 Å². The second-order valence-corrected chi connectivity index (χ2v) is 16.1. The van der Waals surface area contributed by atoms with E-state index in [4.69, 9.17) is 9.97 Å². The zero-order chi connectivity index (χ0) is 39.2. The number of para-hydroxylation sites is 3. The van der Waals surface area contributed by atoms with Gasteiger partial charge in [0.05, 0.1) is 33.5 Å². The fourth-order valence-corrected chi connectivity index (χ4v) is 9.91. The van der Waals surface area contributed by atoms with E-state index in [1.807, 2.05) is 12.1 Å². The van der Waals surface area contributed by atoms with Crippen LogP contribution in [0, 0.1) is 0 Å². The molecule has 4 heteroatoms. The smallest absolute Gasteiger partial charge is 0.160 e. The molecule has 8 aromatic carbocycles. The Bertz CT molecular complexity index is 3370. The lowest BCUT2D eigenvalue weighted by Gasteiger charge is -2.24. The van der Waals surface area contributed by atoms with Crippen LogP contribution in [-0.4, -0.2) is 19.1 Å². The summed E-state index contributed by atoms with van der Waals surface area (Å²) in [6, 6.07) is 69.5. The van der Waals surface area contributed by atoms with E-state index in [1.165, 1.54) is 71.6 Å². The number of benzene rings is 8. The van der Waals surface area contributed by atoms with E-state index in [9.17, 15) is 0 Å². The molecule has 3 heterocycles. The number of hydrogen-bond acceptors (Lipinski definition) is 2. The molecule has 3 aromatic heterocycles. The van der Waals surface area contributed by atoms with Gasteiger partial charge in [-0.1, -0.05) is 153 Å². The standard InChI is InChI=1S/C55H38N4/c1-55(2)43-27-15-12-24-40(43)50-51(55)53-49(42-26-14-17-29-47(42)59(53)38-22-10-5-11-23-38)48-41-25-13-16-28-46(41)58(52(48)50)39-32-30-37(31-33-39)54-56-44(35-18-6-3-7-19-35)34-45(57-54)36-20-8-4-9-21-36/h3-34H,1-2H3. The van der Waals surface area contributed by atoms with Crippen molar-refractivity contribution in [2.45, 2.75) is 19.3 Å². The predicted molar refractivity (Wildman–Crippen MR) is 245 cm³/mol. The summed E-state index contributed by atoms with van der Waals surface area (Å²) in [5, 5.41) is 5.08. The summed E-state index contributed by atoms with van der Waals surface area (Å²) < 4.78 is 5.03. The Hall–Kier alpha value is -7.56. The fraction of sp³-hybridized carbons (Fsp3) is 0.0545. The molecular formula is C55H38N4. The van der Waals surface area contributed by atoms with Crippen LogP contribution in [0.4, 0.5) is 0 Å². The van der Waals surface area contributed by atoms with E-state index >= 15 is 0 Å². The minimum atomic E-state index is -0.262. The van der Waals surface area contributed by atoms with E-state index in [-0.39, 0.29) is 5.41 Å². The lowest BCUT2D eigenvalue weighted by molar-refractivity contribution is 0.664. The zero-order valence-electron chi connectivity index (χ0n) is 32.8. The van der Waals surface area contributed by atoms with Gasteiger partial charge in [0.25, 0.3) is 0 Å². The van der Waals surface area contributed by atoms with Crippen molar-refractivity contribution in [1.29, 1.82) is 0 Å². The highest BCUT2D eigenvalue weighted by molar-refractivity contribution is 6.33. The number of fused-ring (bicyclic) bond motifs is 12. The Kier molecular flexibility index (Phi) is 7.24. The van der Waals surface area contributed by atoms with Crippen LogP contribution in [0.2, 0.25) is 0 Å². The summed E-state index contributed by atoms with van der Waals surface area (Å²) >= 11 is 0. The van der Waals surface area contributed by atoms with Gasteiger partial charge in [0.2, 0.25) is 0 Å². The first-order chi connectivity index (χ1) is 29.1. The second kappa shape index (κ2) is 12.7. The summed E-state index contributed by atoms with van der Waals surface area (Å²) in [4.78, 5) is 10.3. The van der Waals surface area contributed by atoms with E-state index in [0.29, 0.717) is 5.82 Å². The third kappa shape index (κ3) is 4.90. The van der Waals surface area contributed by atoms with E-state index in [2.05, 4.69) is 205 Å². The third-order valence-corrected chi connectivity index (χ3v) is 12.5. The average Bonchev–Trinajstić information content (AvgIpc) is 3.90. The molecule has 0 aliphatic heterocycles. The second-order valence-electron chi connectivity index (χ2n) is 16.1. The maximum Gasteiger partial charge on any atom is 0.160 e. The van der Waals surface area contributed by atoms with Crippen molar-refractivity contribution in [2.24, 2.45) is 0 Å². The van der Waals surface area contributed by atoms with Gasteiger partial charge < -0.3 is 9.13 Å². The van der Waals surface area contributed by atoms with Crippen LogP contribution in [0.25, 0.3) is 100 Å². The molecule has 1 aliphatic rings. The summed E-state index contributed by atoms with van der Waals surface area (Å²) in [5.41, 5.74) is 17.1. The molecule has 59 heavy (non-hydrogen) atoms. The highest BCUT2D eigenvalue weighted by Gasteiger charge is 2.41. The van der Waals surface area contributed by atoms with Crippen molar-refractivity contribution < 1.29 is 0 Å². The van der Waals surface area contributed by atoms with E-state index in [1.54, 1.807) is 0 Å². The third-order valence-electron chi connectivity index (χ3n) is 12.5. The molecule has 0 fully saturated rings. The Morgan fingerprint density at radius 3 is 1.51 bits per heavy atom. The summed E-state index contributed by atoms with van der Waals surface area (Å²) in [6.07, 6.45) is 0. The topological polar surface area (TPSA) is 35.6 Å². The molecule has 0 saturated carbocycles. The van der Waals surface area contributed by atoms with Crippen molar-refractivity contribution >= 4 is 43.6 Å². The van der Waals surface area contributed by atoms with Crippen molar-refractivity contribution in [1.82, 2.24) is 19.1 Å². The molecule has 0 spiro atoms. The normalized spacial score (nSPS) is 13.1. The monoisotopic (exact) mass is 754 g/mol. The number of hydrogen-bond donors (Lipinski definition) is 0. The highest BCUT2D eigenvalue weighted by atomic mass is 15.0. The quantitative estimate of drug-likeness (QED) is 0.175. The first kappa shape index (κ1) is 33.6. The van der Waals surface area contributed by atoms with Gasteiger partial charge >= 0.3 is 0 Å². The van der Waals surface area contributed by atoms with Gasteiger partial charge in [-0.25, -0.2) is 9.97 Å². The van der Waals surface area contributed by atoms with E-state index in [0.717, 1.165) is 33.8 Å². The molecule has 0 radical (unpaired) electrons. The Morgan fingerprint density at radius 2 is 0.898 bits per heavy atom.